The molecule has 0 atom stereocenters. The van der Waals surface area contributed by atoms with Crippen molar-refractivity contribution < 1.29 is 14.3 Å². The van der Waals surface area contributed by atoms with Gasteiger partial charge in [0.25, 0.3) is 0 Å². The molecule has 0 aromatic carbocycles. The highest BCUT2D eigenvalue weighted by molar-refractivity contribution is 5.05. The quantitative estimate of drug-likeness (QED) is 0.655. The Labute approximate surface area is 95.6 Å². The number of nitrogens with one attached hydrogen (secondary N) is 1. The van der Waals surface area contributed by atoms with E-state index in [-0.39, 0.29) is 6.61 Å². The fourth-order valence-corrected chi connectivity index (χ4v) is 1.49. The number of ether oxygens (including phenoxy) is 1. The second-order valence-corrected chi connectivity index (χ2v) is 4.22. The maximum absolute atomic E-state index is 8.82. The summed E-state index contributed by atoms with van der Waals surface area (Å²) in [7, 11) is 0. The van der Waals surface area contributed by atoms with Gasteiger partial charge in [-0.15, -0.1) is 0 Å². The number of furan rings is 1. The number of hydrogen-bond acceptors (Lipinski definition) is 4. The Hall–Kier alpha value is -0.840. The van der Waals surface area contributed by atoms with Crippen molar-refractivity contribution in [2.45, 2.75) is 26.0 Å². The zero-order chi connectivity index (χ0) is 11.2. The standard InChI is InChI=1S/C12H19NO3/c14-8-12-4-3-11(16-12)7-13-5-6-15-9-10-1-2-10/h3-4,10,13-14H,1-2,5-9H2. The average molecular weight is 225 g/mol. The van der Waals surface area contributed by atoms with E-state index in [1.54, 1.807) is 6.07 Å². The topological polar surface area (TPSA) is 54.6 Å². The third kappa shape index (κ3) is 3.96. The third-order valence-electron chi connectivity index (χ3n) is 2.65. The molecular formula is C12H19NO3. The van der Waals surface area contributed by atoms with Crippen LogP contribution in [0.15, 0.2) is 16.5 Å². The highest BCUT2D eigenvalue weighted by Crippen LogP contribution is 2.28. The second-order valence-electron chi connectivity index (χ2n) is 4.22. The van der Waals surface area contributed by atoms with Crippen molar-refractivity contribution in [3.63, 3.8) is 0 Å². The van der Waals surface area contributed by atoms with Crippen LogP contribution >= 0.6 is 0 Å². The van der Waals surface area contributed by atoms with E-state index >= 15 is 0 Å². The zero-order valence-electron chi connectivity index (χ0n) is 9.45. The maximum Gasteiger partial charge on any atom is 0.129 e. The predicted octanol–water partition coefficient (Wildman–Crippen LogP) is 1.29. The average Bonchev–Trinajstić information content (AvgIpc) is 3.01. The number of rotatable bonds is 8. The fraction of sp³-hybridized carbons (Fsp3) is 0.667. The fourth-order valence-electron chi connectivity index (χ4n) is 1.49. The van der Waals surface area contributed by atoms with E-state index in [2.05, 4.69) is 5.32 Å². The monoisotopic (exact) mass is 225 g/mol. The van der Waals surface area contributed by atoms with Gasteiger partial charge in [0.05, 0.1) is 13.2 Å². The molecule has 2 N–H and O–H groups in total. The van der Waals surface area contributed by atoms with Crippen LogP contribution < -0.4 is 5.32 Å². The van der Waals surface area contributed by atoms with Crippen LogP contribution in [0.2, 0.25) is 0 Å². The van der Waals surface area contributed by atoms with E-state index in [4.69, 9.17) is 14.3 Å². The molecule has 0 amide bonds. The molecule has 1 aliphatic rings. The molecule has 0 radical (unpaired) electrons. The largest absolute Gasteiger partial charge is 0.462 e. The smallest absolute Gasteiger partial charge is 0.129 e. The molecule has 1 aliphatic carbocycles. The Morgan fingerprint density at radius 3 is 2.88 bits per heavy atom. The minimum Gasteiger partial charge on any atom is -0.462 e. The number of aliphatic hydroxyl groups excluding tert-OH is 1. The van der Waals surface area contributed by atoms with Crippen molar-refractivity contribution in [3.8, 4) is 0 Å². The van der Waals surface area contributed by atoms with Gasteiger partial charge in [0.2, 0.25) is 0 Å². The summed E-state index contributed by atoms with van der Waals surface area (Å²) in [5.74, 6) is 2.30. The first-order chi connectivity index (χ1) is 7.88. The summed E-state index contributed by atoms with van der Waals surface area (Å²) in [5, 5.41) is 12.0. The molecule has 4 nitrogen and oxygen atoms in total. The molecule has 0 bridgehead atoms. The van der Waals surface area contributed by atoms with Gasteiger partial charge in [0.15, 0.2) is 0 Å². The lowest BCUT2D eigenvalue weighted by molar-refractivity contribution is 0.125. The molecule has 0 aliphatic heterocycles. The van der Waals surface area contributed by atoms with E-state index in [0.717, 1.165) is 31.4 Å². The van der Waals surface area contributed by atoms with Crippen molar-refractivity contribution in [2.75, 3.05) is 19.8 Å². The van der Waals surface area contributed by atoms with Crippen LogP contribution in [-0.4, -0.2) is 24.9 Å². The summed E-state index contributed by atoms with van der Waals surface area (Å²) in [6, 6.07) is 3.67. The zero-order valence-corrected chi connectivity index (χ0v) is 9.45. The van der Waals surface area contributed by atoms with Crippen LogP contribution in [0.1, 0.15) is 24.4 Å². The van der Waals surface area contributed by atoms with Gasteiger partial charge in [0, 0.05) is 13.2 Å². The van der Waals surface area contributed by atoms with E-state index in [1.807, 2.05) is 6.07 Å². The molecule has 0 spiro atoms. The van der Waals surface area contributed by atoms with E-state index in [1.165, 1.54) is 12.8 Å². The Kier molecular flexibility index (Phi) is 4.39. The van der Waals surface area contributed by atoms with E-state index in [9.17, 15) is 0 Å². The molecule has 1 saturated carbocycles. The van der Waals surface area contributed by atoms with Crippen LogP contribution in [0.4, 0.5) is 0 Å². The Morgan fingerprint density at radius 1 is 1.38 bits per heavy atom. The molecule has 1 heterocycles. The first-order valence-corrected chi connectivity index (χ1v) is 5.85. The van der Waals surface area contributed by atoms with Crippen LogP contribution in [-0.2, 0) is 17.9 Å². The summed E-state index contributed by atoms with van der Waals surface area (Å²) in [6.07, 6.45) is 2.67. The Bertz CT molecular complexity index is 307. The van der Waals surface area contributed by atoms with Crippen molar-refractivity contribution in [1.29, 1.82) is 0 Å². The first kappa shape index (κ1) is 11.6. The SMILES string of the molecule is OCc1ccc(CNCCOCC2CC2)o1. The van der Waals surface area contributed by atoms with Gasteiger partial charge < -0.3 is 19.6 Å². The minimum atomic E-state index is -0.0372. The van der Waals surface area contributed by atoms with Crippen molar-refractivity contribution >= 4 is 0 Å². The highest BCUT2D eigenvalue weighted by atomic mass is 16.5. The number of hydrogen-bond donors (Lipinski definition) is 2. The van der Waals surface area contributed by atoms with Gasteiger partial charge in [-0.25, -0.2) is 0 Å². The second kappa shape index (κ2) is 6.03. The highest BCUT2D eigenvalue weighted by Gasteiger charge is 2.20. The molecule has 1 aromatic heterocycles. The molecule has 4 heteroatoms. The van der Waals surface area contributed by atoms with Crippen molar-refractivity contribution in [3.05, 3.63) is 23.7 Å². The molecule has 0 unspecified atom stereocenters. The van der Waals surface area contributed by atoms with Crippen LogP contribution in [0.25, 0.3) is 0 Å². The third-order valence-corrected chi connectivity index (χ3v) is 2.65. The Morgan fingerprint density at radius 2 is 2.19 bits per heavy atom. The maximum atomic E-state index is 8.82. The van der Waals surface area contributed by atoms with E-state index < -0.39 is 0 Å². The molecule has 2 rings (SSSR count). The van der Waals surface area contributed by atoms with E-state index in [0.29, 0.717) is 12.3 Å². The lowest BCUT2D eigenvalue weighted by Crippen LogP contribution is -2.19. The Balaban J connectivity index is 1.49. The summed E-state index contributed by atoms with van der Waals surface area (Å²) in [5.41, 5.74) is 0. The predicted molar refractivity (Wildman–Crippen MR) is 59.9 cm³/mol. The molecule has 1 fully saturated rings. The normalized spacial score (nSPS) is 15.6. The van der Waals surface area contributed by atoms with Gasteiger partial charge in [-0.2, -0.15) is 0 Å². The summed E-state index contributed by atoms with van der Waals surface area (Å²) >= 11 is 0. The molecule has 1 aromatic rings. The van der Waals surface area contributed by atoms with Gasteiger partial charge in [-0.05, 0) is 30.9 Å². The summed E-state index contributed by atoms with van der Waals surface area (Å²) in [4.78, 5) is 0. The van der Waals surface area contributed by atoms with Crippen LogP contribution in [0.3, 0.4) is 0 Å². The van der Waals surface area contributed by atoms with Crippen LogP contribution in [0, 0.1) is 5.92 Å². The van der Waals surface area contributed by atoms with Crippen molar-refractivity contribution in [2.24, 2.45) is 5.92 Å². The van der Waals surface area contributed by atoms with Gasteiger partial charge >= 0.3 is 0 Å². The van der Waals surface area contributed by atoms with Gasteiger partial charge in [-0.1, -0.05) is 0 Å². The lowest BCUT2D eigenvalue weighted by Gasteiger charge is -2.04. The summed E-state index contributed by atoms with van der Waals surface area (Å²) < 4.78 is 10.8. The molecule has 90 valence electrons. The molecular weight excluding hydrogens is 206 g/mol. The number of aliphatic hydroxyl groups is 1. The first-order valence-electron chi connectivity index (χ1n) is 5.85. The van der Waals surface area contributed by atoms with Gasteiger partial charge in [-0.3, -0.25) is 0 Å². The lowest BCUT2D eigenvalue weighted by atomic mass is 10.4. The molecule has 16 heavy (non-hydrogen) atoms. The van der Waals surface area contributed by atoms with Crippen molar-refractivity contribution in [1.82, 2.24) is 5.32 Å². The van der Waals surface area contributed by atoms with Gasteiger partial charge in [0.1, 0.15) is 18.1 Å². The van der Waals surface area contributed by atoms with Crippen LogP contribution in [0.5, 0.6) is 0 Å². The minimum absolute atomic E-state index is 0.0372. The molecule has 0 saturated heterocycles. The summed E-state index contributed by atoms with van der Waals surface area (Å²) in [6.45, 7) is 3.15.